The first kappa shape index (κ1) is 42.2. The van der Waals surface area contributed by atoms with Crippen LogP contribution in [0.1, 0.15) is 69.2 Å². The molecular weight excluding hydrogens is 815 g/mol. The van der Waals surface area contributed by atoms with Crippen LogP contribution in [-0.4, -0.2) is 109 Å². The van der Waals surface area contributed by atoms with Gasteiger partial charge in [0.1, 0.15) is 18.1 Å². The number of amides is 2. The summed E-state index contributed by atoms with van der Waals surface area (Å²) in [6, 6.07) is 10.3. The molecule has 2 aromatic carbocycles. The Morgan fingerprint density at radius 2 is 1.89 bits per heavy atom. The predicted molar refractivity (Wildman–Crippen MR) is 233 cm³/mol. The summed E-state index contributed by atoms with van der Waals surface area (Å²) < 4.78 is 40.2. The third-order valence-electron chi connectivity index (χ3n) is 11.7. The molecule has 0 bridgehead atoms. The maximum Gasteiger partial charge on any atom is 0.329 e. The second-order valence-electron chi connectivity index (χ2n) is 16.0. The number of nitrogens with two attached hydrogens (primary N) is 2. The Balaban J connectivity index is 0.910. The maximum absolute atomic E-state index is 14.1. The Morgan fingerprint density at radius 3 is 2.61 bits per heavy atom. The number of fused-ring (bicyclic) bond motifs is 3. The molecule has 2 fully saturated rings. The molecule has 0 saturated carbocycles. The number of hydrogen-bond acceptors (Lipinski definition) is 13. The quantitative estimate of drug-likeness (QED) is 0.0904. The van der Waals surface area contributed by atoms with E-state index in [-0.39, 0.29) is 41.4 Å². The highest BCUT2D eigenvalue weighted by atomic mass is 32.2. The van der Waals surface area contributed by atoms with Crippen molar-refractivity contribution in [3.63, 3.8) is 0 Å². The summed E-state index contributed by atoms with van der Waals surface area (Å²) in [5.41, 5.74) is 9.91. The van der Waals surface area contributed by atoms with Gasteiger partial charge in [-0.05, 0) is 101 Å². The number of sulfonamides is 1. The molecule has 6 heterocycles. The minimum atomic E-state index is -3.90. The fraction of sp³-hybridized carbons (Fsp3) is 0.381. The summed E-state index contributed by atoms with van der Waals surface area (Å²) in [5, 5.41) is 17.0. The molecule has 0 aliphatic carbocycles. The van der Waals surface area contributed by atoms with Gasteiger partial charge in [-0.25, -0.2) is 22.5 Å². The Morgan fingerprint density at radius 1 is 1.10 bits per heavy atom. The van der Waals surface area contributed by atoms with Crippen LogP contribution < -0.4 is 32.2 Å². The molecule has 20 heteroatoms. The number of likely N-dealkylation sites (tertiary alicyclic amines) is 1. The smallest absolute Gasteiger partial charge is 0.329 e. The van der Waals surface area contributed by atoms with Crippen molar-refractivity contribution in [2.75, 3.05) is 38.5 Å². The minimum Gasteiger partial charge on any atom is -0.485 e. The largest absolute Gasteiger partial charge is 0.485 e. The normalized spacial score (nSPS) is 17.1. The number of piperidine rings is 2. The van der Waals surface area contributed by atoms with Crippen molar-refractivity contribution in [3.8, 4) is 5.75 Å². The number of nitrogens with zero attached hydrogens (tertiary/aromatic N) is 9. The van der Waals surface area contributed by atoms with Crippen LogP contribution in [0.25, 0.3) is 33.0 Å². The standard InChI is InChI=1S/C42H49N13O6S/c1-25(2)61-38-37(28(21-43)22-44)46-24-54-39(38)49-41(50-54)47-31-7-10-35(30-23-45-15-12-29(30)31)62(59,60)51(3)16-5-17-53-18-13-26(14-19-53)27-6-8-32-34(20-27)52(4)42(58)55(32)33-9-11-36(56)48-40(33)57/h6-8,10,12,15,20-26,33,43H,5,9,11,13-14,16-19,44H2,1-4H3,(H,47,50)(H,48,56,57)/p+1/b28-22+,43-21?. The van der Waals surface area contributed by atoms with E-state index >= 15 is 0 Å². The van der Waals surface area contributed by atoms with Gasteiger partial charge in [-0.15, -0.1) is 5.10 Å². The molecule has 2 aliphatic rings. The number of aromatic nitrogens is 7. The first-order chi connectivity index (χ1) is 29.8. The van der Waals surface area contributed by atoms with Crippen molar-refractivity contribution in [1.29, 1.82) is 0 Å². The molecule has 19 nitrogen and oxygen atoms in total. The number of imidazole rings is 1. The topological polar surface area (TPSA) is 243 Å². The zero-order valence-electron chi connectivity index (χ0n) is 35.0. The van der Waals surface area contributed by atoms with Gasteiger partial charge in [-0.3, -0.25) is 34.4 Å². The summed E-state index contributed by atoms with van der Waals surface area (Å²) in [7, 11) is -0.596. The lowest BCUT2D eigenvalue weighted by Crippen LogP contribution is -2.44. The van der Waals surface area contributed by atoms with E-state index in [1.165, 1.54) is 32.1 Å². The summed E-state index contributed by atoms with van der Waals surface area (Å²) in [6.07, 6.45) is 10.0. The van der Waals surface area contributed by atoms with E-state index in [9.17, 15) is 22.8 Å². The van der Waals surface area contributed by atoms with Crippen molar-refractivity contribution in [2.24, 2.45) is 12.8 Å². The number of rotatable bonds is 14. The van der Waals surface area contributed by atoms with Gasteiger partial charge < -0.3 is 20.7 Å². The van der Waals surface area contributed by atoms with Gasteiger partial charge in [0.25, 0.3) is 0 Å². The fourth-order valence-electron chi connectivity index (χ4n) is 8.43. The van der Waals surface area contributed by atoms with E-state index in [1.54, 1.807) is 49.3 Å². The van der Waals surface area contributed by atoms with Crippen LogP contribution >= 0.6 is 0 Å². The number of anilines is 2. The average molecular weight is 865 g/mol. The Bertz CT molecular complexity index is 2930. The van der Waals surface area contributed by atoms with Crippen molar-refractivity contribution in [1.82, 2.24) is 48.2 Å². The maximum atomic E-state index is 14.1. The molecule has 6 N–H and O–H groups in total. The number of hydrogen-bond donors (Lipinski definition) is 4. The van der Waals surface area contributed by atoms with Crippen LogP contribution in [0.2, 0.25) is 0 Å². The highest BCUT2D eigenvalue weighted by molar-refractivity contribution is 7.89. The van der Waals surface area contributed by atoms with E-state index in [4.69, 9.17) is 15.9 Å². The number of ether oxygens (including phenoxy) is 1. The molecular formula is C42H50N13O6S+. The second kappa shape index (κ2) is 17.1. The van der Waals surface area contributed by atoms with E-state index in [0.29, 0.717) is 63.5 Å². The van der Waals surface area contributed by atoms with Crippen molar-refractivity contribution >= 4 is 72.7 Å². The van der Waals surface area contributed by atoms with Gasteiger partial charge in [-0.1, -0.05) is 6.07 Å². The van der Waals surface area contributed by atoms with Gasteiger partial charge in [0.2, 0.25) is 33.4 Å². The van der Waals surface area contributed by atoms with Gasteiger partial charge in [0.15, 0.2) is 12.0 Å². The summed E-state index contributed by atoms with van der Waals surface area (Å²) in [4.78, 5) is 53.5. The molecule has 6 aromatic rings. The van der Waals surface area contributed by atoms with E-state index in [0.717, 1.165) is 43.6 Å². The molecule has 1 atom stereocenters. The molecule has 0 radical (unpaired) electrons. The fourth-order valence-corrected chi connectivity index (χ4v) is 9.82. The average Bonchev–Trinajstić information content (AvgIpc) is 3.78. The third kappa shape index (κ3) is 7.91. The van der Waals surface area contributed by atoms with Crippen molar-refractivity contribution in [2.45, 2.75) is 68.9 Å². The lowest BCUT2D eigenvalue weighted by atomic mass is 9.89. The predicted octanol–water partition coefficient (Wildman–Crippen LogP) is 1.85. The Hall–Kier alpha value is -6.51. The zero-order valence-corrected chi connectivity index (χ0v) is 35.8. The first-order valence-corrected chi connectivity index (χ1v) is 22.0. The third-order valence-corrected chi connectivity index (χ3v) is 13.6. The minimum absolute atomic E-state index is 0.139. The Kier molecular flexibility index (Phi) is 11.6. The van der Waals surface area contributed by atoms with Crippen LogP contribution in [0, 0.1) is 0 Å². The molecule has 2 aliphatic heterocycles. The Labute approximate surface area is 357 Å². The second-order valence-corrected chi connectivity index (χ2v) is 18.0. The summed E-state index contributed by atoms with van der Waals surface area (Å²) in [5.74, 6) is 0.106. The number of nitrogens with one attached hydrogen (secondary N) is 2. The van der Waals surface area contributed by atoms with Crippen molar-refractivity contribution in [3.05, 3.63) is 83.1 Å². The molecule has 1 unspecified atom stereocenters. The van der Waals surface area contributed by atoms with Gasteiger partial charge in [-0.2, -0.15) is 9.50 Å². The van der Waals surface area contributed by atoms with Gasteiger partial charge in [0.05, 0.1) is 27.6 Å². The molecule has 2 saturated heterocycles. The number of carbonyl (C=O) groups excluding carboxylic acids is 2. The molecule has 0 spiro atoms. The lowest BCUT2D eigenvalue weighted by Gasteiger charge is -2.32. The molecule has 62 heavy (non-hydrogen) atoms. The molecule has 4 aromatic heterocycles. The van der Waals surface area contributed by atoms with Gasteiger partial charge >= 0.3 is 5.69 Å². The van der Waals surface area contributed by atoms with Crippen LogP contribution in [0.5, 0.6) is 5.75 Å². The van der Waals surface area contributed by atoms with E-state index in [2.05, 4.69) is 35.6 Å². The molecule has 2 amide bonds. The monoisotopic (exact) mass is 864 g/mol. The molecule has 324 valence electrons. The van der Waals surface area contributed by atoms with Gasteiger partial charge in [0, 0.05) is 62.1 Å². The molecule has 8 rings (SSSR count). The first-order valence-electron chi connectivity index (χ1n) is 20.5. The summed E-state index contributed by atoms with van der Waals surface area (Å²) >= 11 is 0. The number of carbonyl (C=O) groups is 2. The number of pyridine rings is 1. The van der Waals surface area contributed by atoms with Crippen LogP contribution in [0.15, 0.2) is 71.0 Å². The SMILES string of the molecule is CC(C)Oc1c(/C(C=[NH2+])=C/N)ncn2nc(Nc3ccc(S(=O)(=O)N(C)CCCN4CCC(c5ccc6c(c5)n(C)c(=O)n6C5CCC(=O)NC5=O)CC4)c4cnccc34)nc12. The number of aryl methyl sites for hydroxylation is 1. The number of imide groups is 1. The number of allylic oxidation sites excluding steroid dienone is 1. The van der Waals surface area contributed by atoms with E-state index in [1.807, 2.05) is 32.0 Å². The van der Waals surface area contributed by atoms with E-state index < -0.39 is 22.0 Å². The highest BCUT2D eigenvalue weighted by Gasteiger charge is 2.32. The highest BCUT2D eigenvalue weighted by Crippen LogP contribution is 2.35. The van der Waals surface area contributed by atoms with Crippen LogP contribution in [-0.2, 0) is 26.7 Å². The van der Waals surface area contributed by atoms with Crippen molar-refractivity contribution < 1.29 is 28.2 Å². The number of benzene rings is 2. The zero-order chi connectivity index (χ0) is 43.9. The lowest BCUT2D eigenvalue weighted by molar-refractivity contribution is -0.135. The summed E-state index contributed by atoms with van der Waals surface area (Å²) in [6.45, 7) is 6.52. The van der Waals surface area contributed by atoms with Crippen LogP contribution in [0.3, 0.4) is 0 Å². The van der Waals surface area contributed by atoms with Crippen LogP contribution in [0.4, 0.5) is 11.6 Å².